The maximum absolute atomic E-state index is 11.1. The van der Waals surface area contributed by atoms with E-state index in [9.17, 15) is 5.11 Å². The summed E-state index contributed by atoms with van der Waals surface area (Å²) in [5.74, 6) is 0.813. The van der Waals surface area contributed by atoms with Gasteiger partial charge in [-0.3, -0.25) is 0 Å². The van der Waals surface area contributed by atoms with Gasteiger partial charge in [0.05, 0.1) is 6.10 Å². The van der Waals surface area contributed by atoms with Crippen molar-refractivity contribution in [2.75, 3.05) is 0 Å². The van der Waals surface area contributed by atoms with Crippen LogP contribution in [0.1, 0.15) is 43.0 Å². The quantitative estimate of drug-likeness (QED) is 0.910. The van der Waals surface area contributed by atoms with Crippen molar-refractivity contribution in [3.63, 3.8) is 0 Å². The second kappa shape index (κ2) is 5.17. The van der Waals surface area contributed by atoms with Crippen molar-refractivity contribution in [1.29, 1.82) is 0 Å². The molecule has 0 spiro atoms. The van der Waals surface area contributed by atoms with E-state index >= 15 is 0 Å². The first-order valence-corrected chi connectivity index (χ1v) is 7.35. The molecule has 0 aliphatic heterocycles. The number of hydrogen-bond acceptors (Lipinski definition) is 3. The molecule has 21 heavy (non-hydrogen) atoms. The van der Waals surface area contributed by atoms with E-state index in [2.05, 4.69) is 0 Å². The molecule has 110 valence electrons. The molecule has 2 atom stereocenters. The van der Waals surface area contributed by atoms with Crippen LogP contribution in [0.15, 0.2) is 48.5 Å². The molecular weight excluding hydrogens is 262 g/mol. The first-order chi connectivity index (χ1) is 10.0. The van der Waals surface area contributed by atoms with E-state index in [-0.39, 0.29) is 12.1 Å². The van der Waals surface area contributed by atoms with Crippen molar-refractivity contribution in [3.8, 4) is 5.75 Å². The predicted molar refractivity (Wildman–Crippen MR) is 83.2 cm³/mol. The molecule has 3 rings (SSSR count). The third-order valence-electron chi connectivity index (χ3n) is 4.02. The lowest BCUT2D eigenvalue weighted by atomic mass is 9.88. The fraction of sp³-hybridized carbons (Fsp3) is 0.333. The van der Waals surface area contributed by atoms with Crippen LogP contribution in [0.2, 0.25) is 0 Å². The zero-order valence-electron chi connectivity index (χ0n) is 12.4. The topological polar surface area (TPSA) is 55.5 Å². The van der Waals surface area contributed by atoms with Crippen LogP contribution in [0.3, 0.4) is 0 Å². The standard InChI is InChI=1S/C18H21NO2/c1-12(2)21-14-9-7-13(8-10-14)18(20)11-17(19)15-5-3-4-6-16(15)18/h3-10,12,17,20H,11,19H2,1-2H3. The lowest BCUT2D eigenvalue weighted by molar-refractivity contribution is 0.0775. The van der Waals surface area contributed by atoms with Gasteiger partial charge in [-0.25, -0.2) is 0 Å². The van der Waals surface area contributed by atoms with Gasteiger partial charge < -0.3 is 15.6 Å². The van der Waals surface area contributed by atoms with Gasteiger partial charge in [-0.2, -0.15) is 0 Å². The van der Waals surface area contributed by atoms with Gasteiger partial charge in [-0.15, -0.1) is 0 Å². The summed E-state index contributed by atoms with van der Waals surface area (Å²) in [7, 11) is 0. The third kappa shape index (κ3) is 2.43. The molecule has 2 aromatic carbocycles. The summed E-state index contributed by atoms with van der Waals surface area (Å²) in [6.45, 7) is 3.99. The van der Waals surface area contributed by atoms with Gasteiger partial charge in [-0.05, 0) is 42.7 Å². The van der Waals surface area contributed by atoms with Crippen LogP contribution in [0, 0.1) is 0 Å². The fourth-order valence-corrected chi connectivity index (χ4v) is 3.09. The van der Waals surface area contributed by atoms with E-state index < -0.39 is 5.60 Å². The highest BCUT2D eigenvalue weighted by Gasteiger charge is 2.42. The average Bonchev–Trinajstić information content (AvgIpc) is 2.72. The Morgan fingerprint density at radius 1 is 1.14 bits per heavy atom. The smallest absolute Gasteiger partial charge is 0.119 e. The Morgan fingerprint density at radius 2 is 1.81 bits per heavy atom. The molecule has 0 amide bonds. The molecule has 3 N–H and O–H groups in total. The SMILES string of the molecule is CC(C)Oc1ccc(C2(O)CC(N)c3ccccc32)cc1. The summed E-state index contributed by atoms with van der Waals surface area (Å²) in [6.07, 6.45) is 0.649. The maximum atomic E-state index is 11.1. The second-order valence-electron chi connectivity index (χ2n) is 5.95. The lowest BCUT2D eigenvalue weighted by Gasteiger charge is -2.25. The van der Waals surface area contributed by atoms with E-state index in [1.807, 2.05) is 62.4 Å². The average molecular weight is 283 g/mol. The Kier molecular flexibility index (Phi) is 3.47. The first-order valence-electron chi connectivity index (χ1n) is 7.35. The van der Waals surface area contributed by atoms with Crippen LogP contribution in [0.4, 0.5) is 0 Å². The number of hydrogen-bond donors (Lipinski definition) is 2. The Bertz CT molecular complexity index is 636. The number of rotatable bonds is 3. The van der Waals surface area contributed by atoms with E-state index in [1.54, 1.807) is 0 Å². The van der Waals surface area contributed by atoms with E-state index in [4.69, 9.17) is 10.5 Å². The van der Waals surface area contributed by atoms with Crippen molar-refractivity contribution < 1.29 is 9.84 Å². The van der Waals surface area contributed by atoms with Gasteiger partial charge >= 0.3 is 0 Å². The minimum absolute atomic E-state index is 0.127. The zero-order valence-corrected chi connectivity index (χ0v) is 12.4. The monoisotopic (exact) mass is 283 g/mol. The van der Waals surface area contributed by atoms with E-state index in [1.165, 1.54) is 0 Å². The molecule has 2 aromatic rings. The highest BCUT2D eigenvalue weighted by molar-refractivity contribution is 5.47. The highest BCUT2D eigenvalue weighted by atomic mass is 16.5. The Hall–Kier alpha value is -1.84. The van der Waals surface area contributed by atoms with Crippen LogP contribution in [-0.4, -0.2) is 11.2 Å². The van der Waals surface area contributed by atoms with Crippen molar-refractivity contribution in [2.24, 2.45) is 5.73 Å². The molecule has 0 saturated carbocycles. The van der Waals surface area contributed by atoms with Gasteiger partial charge in [0.1, 0.15) is 11.4 Å². The predicted octanol–water partition coefficient (Wildman–Crippen LogP) is 3.11. The molecule has 1 aliphatic rings. The molecular formula is C18H21NO2. The number of fused-ring (bicyclic) bond motifs is 1. The van der Waals surface area contributed by atoms with Gasteiger partial charge in [0.25, 0.3) is 0 Å². The summed E-state index contributed by atoms with van der Waals surface area (Å²) in [5.41, 5.74) is 7.97. The summed E-state index contributed by atoms with van der Waals surface area (Å²) >= 11 is 0. The van der Waals surface area contributed by atoms with Crippen molar-refractivity contribution >= 4 is 0 Å². The molecule has 0 fully saturated rings. The highest BCUT2D eigenvalue weighted by Crippen LogP contribution is 2.46. The molecule has 0 heterocycles. The summed E-state index contributed by atoms with van der Waals surface area (Å²) in [6, 6.07) is 15.4. The summed E-state index contributed by atoms with van der Waals surface area (Å²) in [5, 5.41) is 11.1. The normalized spacial score (nSPS) is 24.1. The molecule has 0 aromatic heterocycles. The first kappa shape index (κ1) is 14.1. The Labute approximate surface area is 125 Å². The van der Waals surface area contributed by atoms with E-state index in [0.29, 0.717) is 6.42 Å². The minimum atomic E-state index is -1.01. The largest absolute Gasteiger partial charge is 0.491 e. The van der Waals surface area contributed by atoms with Crippen LogP contribution in [-0.2, 0) is 5.60 Å². The van der Waals surface area contributed by atoms with Gasteiger partial charge in [0.15, 0.2) is 0 Å². The van der Waals surface area contributed by atoms with Crippen molar-refractivity contribution in [1.82, 2.24) is 0 Å². The zero-order chi connectivity index (χ0) is 15.0. The Morgan fingerprint density at radius 3 is 2.48 bits per heavy atom. The van der Waals surface area contributed by atoms with Crippen LogP contribution >= 0.6 is 0 Å². The lowest BCUT2D eigenvalue weighted by Crippen LogP contribution is -2.25. The van der Waals surface area contributed by atoms with Crippen LogP contribution in [0.25, 0.3) is 0 Å². The summed E-state index contributed by atoms with van der Waals surface area (Å²) in [4.78, 5) is 0. The number of nitrogens with two attached hydrogens (primary N) is 1. The molecule has 0 bridgehead atoms. The summed E-state index contributed by atoms with van der Waals surface area (Å²) < 4.78 is 5.65. The minimum Gasteiger partial charge on any atom is -0.491 e. The molecule has 0 radical (unpaired) electrons. The second-order valence-corrected chi connectivity index (χ2v) is 5.95. The molecule has 3 heteroatoms. The molecule has 2 unspecified atom stereocenters. The fourth-order valence-electron chi connectivity index (χ4n) is 3.09. The number of benzene rings is 2. The van der Waals surface area contributed by atoms with Gasteiger partial charge in [0.2, 0.25) is 0 Å². The van der Waals surface area contributed by atoms with Gasteiger partial charge in [-0.1, -0.05) is 36.4 Å². The van der Waals surface area contributed by atoms with Crippen LogP contribution < -0.4 is 10.5 Å². The maximum Gasteiger partial charge on any atom is 0.119 e. The Balaban J connectivity index is 1.97. The molecule has 0 saturated heterocycles. The molecule has 1 aliphatic carbocycles. The van der Waals surface area contributed by atoms with Crippen molar-refractivity contribution in [2.45, 2.75) is 38.0 Å². The van der Waals surface area contributed by atoms with Crippen LogP contribution in [0.5, 0.6) is 5.75 Å². The number of ether oxygens (including phenoxy) is 1. The van der Waals surface area contributed by atoms with Gasteiger partial charge in [0, 0.05) is 12.5 Å². The third-order valence-corrected chi connectivity index (χ3v) is 4.02. The molecule has 3 nitrogen and oxygen atoms in total. The van der Waals surface area contributed by atoms with E-state index in [0.717, 1.165) is 22.4 Å². The van der Waals surface area contributed by atoms with Crippen molar-refractivity contribution in [3.05, 3.63) is 65.2 Å². The number of aliphatic hydroxyl groups is 1.